The van der Waals surface area contributed by atoms with Crippen molar-refractivity contribution >= 4 is 50.0 Å². The normalized spacial score (nSPS) is 15.5. The van der Waals surface area contributed by atoms with E-state index < -0.39 is 15.9 Å². The van der Waals surface area contributed by atoms with Crippen molar-refractivity contribution in [1.29, 1.82) is 0 Å². The van der Waals surface area contributed by atoms with Gasteiger partial charge in [0.1, 0.15) is 11.2 Å². The molecule has 1 aliphatic rings. The highest BCUT2D eigenvalue weighted by molar-refractivity contribution is 14.1. The Hall–Kier alpha value is -2.73. The average Bonchev–Trinajstić information content (AvgIpc) is 3.22. The fraction of sp³-hybridized carbons (Fsp3) is 0.150. The summed E-state index contributed by atoms with van der Waals surface area (Å²) in [6.45, 7) is 2.13. The molecule has 1 unspecified atom stereocenters. The predicted octanol–water partition coefficient (Wildman–Crippen LogP) is 2.86. The summed E-state index contributed by atoms with van der Waals surface area (Å²) in [5.74, 6) is -0.795. The number of benzene rings is 2. The van der Waals surface area contributed by atoms with Crippen LogP contribution in [0.15, 0.2) is 69.2 Å². The van der Waals surface area contributed by atoms with Gasteiger partial charge in [-0.1, -0.05) is 29.8 Å². The van der Waals surface area contributed by atoms with Crippen LogP contribution < -0.4 is 10.0 Å². The first-order valence-corrected chi connectivity index (χ1v) is 11.5. The maximum Gasteiger partial charge on any atom is 0.287 e. The van der Waals surface area contributed by atoms with E-state index >= 15 is 0 Å². The Morgan fingerprint density at radius 2 is 2.10 bits per heavy atom. The van der Waals surface area contributed by atoms with Gasteiger partial charge < -0.3 is 9.73 Å². The summed E-state index contributed by atoms with van der Waals surface area (Å²) >= 11 is 2.02. The van der Waals surface area contributed by atoms with Crippen LogP contribution in [0.4, 0.5) is 5.69 Å². The number of carbonyl (C=O) groups is 1. The Morgan fingerprint density at radius 1 is 1.27 bits per heavy atom. The summed E-state index contributed by atoms with van der Waals surface area (Å²) in [6.07, 6.45) is 3.01. The summed E-state index contributed by atoms with van der Waals surface area (Å²) in [7, 11) is -3.88. The van der Waals surface area contributed by atoms with Gasteiger partial charge in [-0.2, -0.15) is 0 Å². The lowest BCUT2D eigenvalue weighted by Gasteiger charge is -2.19. The fourth-order valence-electron chi connectivity index (χ4n) is 3.14. The van der Waals surface area contributed by atoms with Gasteiger partial charge in [0, 0.05) is 10.1 Å². The summed E-state index contributed by atoms with van der Waals surface area (Å²) in [6, 6.07) is 12.6. The Balaban J connectivity index is 1.58. The molecule has 1 atom stereocenters. The van der Waals surface area contributed by atoms with E-state index in [0.717, 1.165) is 14.7 Å². The van der Waals surface area contributed by atoms with E-state index in [2.05, 4.69) is 20.0 Å². The van der Waals surface area contributed by atoms with Crippen molar-refractivity contribution in [2.24, 2.45) is 4.99 Å². The van der Waals surface area contributed by atoms with Crippen LogP contribution in [0.3, 0.4) is 0 Å². The molecule has 2 aromatic carbocycles. The first kappa shape index (κ1) is 20.5. The van der Waals surface area contributed by atoms with E-state index in [1.54, 1.807) is 12.1 Å². The number of rotatable bonds is 5. The van der Waals surface area contributed by atoms with Crippen molar-refractivity contribution in [1.82, 2.24) is 15.0 Å². The zero-order chi connectivity index (χ0) is 21.3. The Bertz CT molecular complexity index is 1240. The van der Waals surface area contributed by atoms with Crippen LogP contribution in [0.2, 0.25) is 0 Å². The number of sulfonamides is 1. The Kier molecular flexibility index (Phi) is 5.60. The van der Waals surface area contributed by atoms with Gasteiger partial charge in [-0.25, -0.2) is 18.4 Å². The summed E-state index contributed by atoms with van der Waals surface area (Å²) in [5.41, 5.74) is 2.21. The highest BCUT2D eigenvalue weighted by atomic mass is 127. The molecule has 0 bridgehead atoms. The monoisotopic (exact) mass is 536 g/mol. The van der Waals surface area contributed by atoms with Crippen LogP contribution >= 0.6 is 22.6 Å². The minimum absolute atomic E-state index is 0.0448. The van der Waals surface area contributed by atoms with Gasteiger partial charge in [0.05, 0.1) is 17.8 Å². The minimum Gasteiger partial charge on any atom is -0.448 e. The maximum absolute atomic E-state index is 12.7. The molecule has 2 N–H and O–H groups in total. The Labute approximate surface area is 187 Å². The fourth-order valence-corrected chi connectivity index (χ4v) is 5.01. The lowest BCUT2D eigenvalue weighted by Crippen LogP contribution is -2.45. The number of hydrogen-bond donors (Lipinski definition) is 2. The van der Waals surface area contributed by atoms with E-state index in [-0.39, 0.29) is 28.9 Å². The first-order valence-electron chi connectivity index (χ1n) is 8.99. The van der Waals surface area contributed by atoms with Crippen LogP contribution in [0.1, 0.15) is 22.9 Å². The molecule has 30 heavy (non-hydrogen) atoms. The molecule has 0 aliphatic carbocycles. The molecule has 154 valence electrons. The highest BCUT2D eigenvalue weighted by Gasteiger charge is 2.29. The second kappa shape index (κ2) is 8.19. The molecular formula is C20H17IN4O4S. The number of aromatic nitrogens is 1. The zero-order valence-electron chi connectivity index (χ0n) is 15.8. The number of halogens is 1. The molecule has 8 nitrogen and oxygen atoms in total. The smallest absolute Gasteiger partial charge is 0.287 e. The van der Waals surface area contributed by atoms with E-state index in [0.29, 0.717) is 5.89 Å². The average molecular weight is 536 g/mol. The lowest BCUT2D eigenvalue weighted by molar-refractivity contribution is -0.115. The molecule has 0 fully saturated rings. The first-order chi connectivity index (χ1) is 14.3. The number of aryl methyl sites for hydroxylation is 1. The van der Waals surface area contributed by atoms with Crippen molar-refractivity contribution in [2.45, 2.75) is 17.7 Å². The molecular weight excluding hydrogens is 519 g/mol. The molecule has 1 amide bonds. The standard InChI is InChI=1S/C20H17IN4O4S/c1-12-3-2-4-13(9-12)15(20-22-7-8-29-20)11-23-19(26)18-24-16-6-5-14(21)10-17(16)30(27,28)25-18/h2-10,15H,11H2,1H3,(H,23,26)(H,24,25). The van der Waals surface area contributed by atoms with Crippen molar-refractivity contribution in [3.63, 3.8) is 0 Å². The van der Waals surface area contributed by atoms with Gasteiger partial charge in [0.2, 0.25) is 11.7 Å². The molecule has 1 aliphatic heterocycles. The van der Waals surface area contributed by atoms with Gasteiger partial charge in [-0.15, -0.1) is 0 Å². The van der Waals surface area contributed by atoms with Gasteiger partial charge in [-0.3, -0.25) is 9.52 Å². The van der Waals surface area contributed by atoms with Crippen LogP contribution in [0.5, 0.6) is 0 Å². The number of oxazole rings is 1. The molecule has 10 heteroatoms. The molecule has 0 spiro atoms. The number of hydrogen-bond acceptors (Lipinski definition) is 6. The van der Waals surface area contributed by atoms with E-state index in [1.807, 2.05) is 53.8 Å². The van der Waals surface area contributed by atoms with Gasteiger partial charge in [0.25, 0.3) is 15.9 Å². The quantitative estimate of drug-likeness (QED) is 0.487. The van der Waals surface area contributed by atoms with Crippen molar-refractivity contribution < 1.29 is 17.6 Å². The third-order valence-electron chi connectivity index (χ3n) is 4.55. The van der Waals surface area contributed by atoms with Crippen LogP contribution in [0, 0.1) is 10.5 Å². The van der Waals surface area contributed by atoms with Gasteiger partial charge >= 0.3 is 0 Å². The largest absolute Gasteiger partial charge is 0.448 e. The van der Waals surface area contributed by atoms with Crippen LogP contribution in [-0.4, -0.2) is 31.7 Å². The van der Waals surface area contributed by atoms with E-state index in [4.69, 9.17) is 4.42 Å². The molecule has 4 rings (SSSR count). The van der Waals surface area contributed by atoms with Gasteiger partial charge in [-0.05, 0) is 53.3 Å². The number of amidine groups is 1. The second-order valence-electron chi connectivity index (χ2n) is 6.73. The molecule has 0 radical (unpaired) electrons. The van der Waals surface area contributed by atoms with Crippen LogP contribution in [0.25, 0.3) is 0 Å². The summed E-state index contributed by atoms with van der Waals surface area (Å²) in [4.78, 5) is 21.2. The third-order valence-corrected chi connectivity index (χ3v) is 6.59. The van der Waals surface area contributed by atoms with Crippen molar-refractivity contribution in [2.75, 3.05) is 6.54 Å². The molecule has 2 heterocycles. The maximum atomic E-state index is 12.7. The number of aliphatic imine (C=N–C) groups is 1. The zero-order valence-corrected chi connectivity index (χ0v) is 18.8. The Morgan fingerprint density at radius 3 is 2.83 bits per heavy atom. The lowest BCUT2D eigenvalue weighted by atomic mass is 9.97. The van der Waals surface area contributed by atoms with Crippen molar-refractivity contribution in [3.05, 3.63) is 75.5 Å². The third kappa shape index (κ3) is 4.24. The number of nitrogens with one attached hydrogen (secondary N) is 2. The van der Waals surface area contributed by atoms with E-state index in [9.17, 15) is 13.2 Å². The number of carbonyl (C=O) groups excluding carboxylic acids is 1. The van der Waals surface area contributed by atoms with Crippen LogP contribution in [-0.2, 0) is 14.8 Å². The van der Waals surface area contributed by atoms with Crippen molar-refractivity contribution in [3.8, 4) is 0 Å². The second-order valence-corrected chi connectivity index (χ2v) is 9.62. The summed E-state index contributed by atoms with van der Waals surface area (Å²) in [5, 5.41) is 2.74. The number of fused-ring (bicyclic) bond motifs is 1. The molecule has 3 aromatic rings. The topological polar surface area (TPSA) is 114 Å². The minimum atomic E-state index is -3.88. The number of nitrogens with zero attached hydrogens (tertiary/aromatic N) is 2. The molecule has 0 saturated heterocycles. The predicted molar refractivity (Wildman–Crippen MR) is 119 cm³/mol. The summed E-state index contributed by atoms with van der Waals surface area (Å²) < 4.78 is 33.5. The molecule has 0 saturated carbocycles. The number of amides is 1. The SMILES string of the molecule is Cc1cccc(C(CNC(=O)C2=Nc3ccc(I)cc3S(=O)(=O)N2)c2ncco2)c1. The van der Waals surface area contributed by atoms with E-state index in [1.165, 1.54) is 18.5 Å². The molecule has 1 aromatic heterocycles. The van der Waals surface area contributed by atoms with Gasteiger partial charge in [0.15, 0.2) is 0 Å². The highest BCUT2D eigenvalue weighted by Crippen LogP contribution is 2.29.